The second-order valence-electron chi connectivity index (χ2n) is 7.97. The van der Waals surface area contributed by atoms with Crippen LogP contribution in [0.4, 0.5) is 16.2 Å². The first-order chi connectivity index (χ1) is 15.0. The maximum absolute atomic E-state index is 12.8. The van der Waals surface area contributed by atoms with Crippen LogP contribution < -0.4 is 10.6 Å². The van der Waals surface area contributed by atoms with E-state index in [4.69, 9.17) is 4.74 Å². The van der Waals surface area contributed by atoms with Gasteiger partial charge in [-0.15, -0.1) is 5.10 Å². The van der Waals surface area contributed by atoms with Gasteiger partial charge in [-0.3, -0.25) is 10.1 Å². The Bertz CT molecular complexity index is 1070. The molecule has 3 aromatic rings. The van der Waals surface area contributed by atoms with Crippen molar-refractivity contribution in [2.24, 2.45) is 5.92 Å². The van der Waals surface area contributed by atoms with Gasteiger partial charge in [0.15, 0.2) is 0 Å². The molecule has 0 radical (unpaired) electrons. The molecule has 1 saturated carbocycles. The van der Waals surface area contributed by atoms with Crippen LogP contribution in [0.5, 0.6) is 0 Å². The minimum Gasteiger partial charge on any atom is -0.449 e. The number of nitrogens with zero attached hydrogens (tertiary/aromatic N) is 3. The van der Waals surface area contributed by atoms with E-state index < -0.39 is 12.0 Å². The van der Waals surface area contributed by atoms with E-state index in [0.29, 0.717) is 23.9 Å². The van der Waals surface area contributed by atoms with Crippen LogP contribution >= 0.6 is 0 Å². The molecule has 2 N–H and O–H groups in total. The van der Waals surface area contributed by atoms with Crippen molar-refractivity contribution in [3.8, 4) is 5.69 Å². The van der Waals surface area contributed by atoms with Gasteiger partial charge in [-0.2, -0.15) is 0 Å². The highest BCUT2D eigenvalue weighted by atomic mass is 16.5. The number of anilines is 2. The number of carbonyl (C=O) groups is 2. The van der Waals surface area contributed by atoms with Gasteiger partial charge in [0.1, 0.15) is 5.82 Å². The van der Waals surface area contributed by atoms with Gasteiger partial charge in [0, 0.05) is 17.3 Å². The number of aromatic nitrogens is 3. The first kappa shape index (κ1) is 20.6. The molecule has 4 rings (SSSR count). The van der Waals surface area contributed by atoms with Crippen molar-refractivity contribution in [2.45, 2.75) is 32.6 Å². The third kappa shape index (κ3) is 5.28. The fraction of sp³-hybridized carbons (Fsp3) is 0.304. The normalized spacial score (nSPS) is 13.1. The number of benzene rings is 2. The summed E-state index contributed by atoms with van der Waals surface area (Å²) in [5.74, 6) is 1.09. The molecule has 1 aliphatic rings. The van der Waals surface area contributed by atoms with E-state index in [2.05, 4.69) is 20.7 Å². The monoisotopic (exact) mass is 419 g/mol. The Morgan fingerprint density at radius 3 is 2.45 bits per heavy atom. The van der Waals surface area contributed by atoms with Crippen molar-refractivity contribution in [3.63, 3.8) is 0 Å². The Morgan fingerprint density at radius 2 is 1.77 bits per heavy atom. The predicted octanol–water partition coefficient (Wildman–Crippen LogP) is 4.60. The van der Waals surface area contributed by atoms with E-state index in [1.54, 1.807) is 28.9 Å². The van der Waals surface area contributed by atoms with Gasteiger partial charge < -0.3 is 10.1 Å². The topological polar surface area (TPSA) is 98.1 Å². The van der Waals surface area contributed by atoms with E-state index in [9.17, 15) is 9.59 Å². The third-order valence-electron chi connectivity index (χ3n) is 4.69. The van der Waals surface area contributed by atoms with Gasteiger partial charge >= 0.3 is 6.09 Å². The maximum Gasteiger partial charge on any atom is 0.411 e. The highest BCUT2D eigenvalue weighted by Gasteiger charge is 2.31. The molecule has 0 aliphatic heterocycles. The molecule has 0 atom stereocenters. The SMILES string of the molecule is CC(C)COC(=O)Nc1cccc(NC(=O)c2nc(C3CC3)n(-c3ccccc3)n2)c1. The highest BCUT2D eigenvalue weighted by Crippen LogP contribution is 2.39. The number of amides is 2. The van der Waals surface area contributed by atoms with Gasteiger partial charge in [0.25, 0.3) is 5.91 Å². The molecule has 1 aromatic heterocycles. The van der Waals surface area contributed by atoms with Crippen molar-refractivity contribution in [3.05, 3.63) is 66.2 Å². The first-order valence-electron chi connectivity index (χ1n) is 10.4. The van der Waals surface area contributed by atoms with E-state index >= 15 is 0 Å². The van der Waals surface area contributed by atoms with Gasteiger partial charge in [0.2, 0.25) is 5.82 Å². The van der Waals surface area contributed by atoms with Gasteiger partial charge in [-0.05, 0) is 49.1 Å². The summed E-state index contributed by atoms with van der Waals surface area (Å²) in [6.45, 7) is 4.26. The lowest BCUT2D eigenvalue weighted by Gasteiger charge is -2.10. The molecular weight excluding hydrogens is 394 g/mol. The number of nitrogens with one attached hydrogen (secondary N) is 2. The largest absolute Gasteiger partial charge is 0.449 e. The molecule has 0 saturated heterocycles. The summed E-state index contributed by atoms with van der Waals surface area (Å²) in [5, 5.41) is 9.92. The maximum atomic E-state index is 12.8. The van der Waals surface area contributed by atoms with Crippen LogP contribution in [0.25, 0.3) is 5.69 Å². The minimum absolute atomic E-state index is 0.112. The molecule has 0 unspecified atom stereocenters. The van der Waals surface area contributed by atoms with E-state index in [0.717, 1.165) is 24.4 Å². The van der Waals surface area contributed by atoms with Gasteiger partial charge in [-0.1, -0.05) is 38.1 Å². The van der Waals surface area contributed by atoms with Gasteiger partial charge in [0.05, 0.1) is 12.3 Å². The van der Waals surface area contributed by atoms with Crippen LogP contribution in [0.2, 0.25) is 0 Å². The molecule has 8 nitrogen and oxygen atoms in total. The molecule has 1 fully saturated rings. The lowest BCUT2D eigenvalue weighted by atomic mass is 10.2. The quantitative estimate of drug-likeness (QED) is 0.583. The van der Waals surface area contributed by atoms with Crippen molar-refractivity contribution in [1.29, 1.82) is 0 Å². The summed E-state index contributed by atoms with van der Waals surface area (Å²) >= 11 is 0. The molecule has 2 aromatic carbocycles. The summed E-state index contributed by atoms with van der Waals surface area (Å²) in [4.78, 5) is 29.2. The Kier molecular flexibility index (Phi) is 5.97. The summed E-state index contributed by atoms with van der Waals surface area (Å²) in [7, 11) is 0. The summed E-state index contributed by atoms with van der Waals surface area (Å²) in [6, 6.07) is 16.5. The number of para-hydroxylation sites is 1. The molecule has 0 bridgehead atoms. The summed E-state index contributed by atoms with van der Waals surface area (Å²) in [5.41, 5.74) is 1.92. The number of carbonyl (C=O) groups excluding carboxylic acids is 2. The predicted molar refractivity (Wildman–Crippen MR) is 118 cm³/mol. The smallest absolute Gasteiger partial charge is 0.411 e. The van der Waals surface area contributed by atoms with Gasteiger partial charge in [-0.25, -0.2) is 14.5 Å². The van der Waals surface area contributed by atoms with E-state index in [-0.39, 0.29) is 11.7 Å². The average Bonchev–Trinajstić information content (AvgIpc) is 3.51. The van der Waals surface area contributed by atoms with Crippen molar-refractivity contribution in [2.75, 3.05) is 17.2 Å². The molecule has 160 valence electrons. The van der Waals surface area contributed by atoms with Crippen LogP contribution in [-0.4, -0.2) is 33.4 Å². The first-order valence-corrected chi connectivity index (χ1v) is 10.4. The van der Waals surface area contributed by atoms with Crippen molar-refractivity contribution in [1.82, 2.24) is 14.8 Å². The Balaban J connectivity index is 1.47. The van der Waals surface area contributed by atoms with Crippen LogP contribution in [-0.2, 0) is 4.74 Å². The van der Waals surface area contributed by atoms with Crippen LogP contribution in [0.3, 0.4) is 0 Å². The van der Waals surface area contributed by atoms with Crippen molar-refractivity contribution >= 4 is 23.4 Å². The van der Waals surface area contributed by atoms with Crippen LogP contribution in [0.1, 0.15) is 49.1 Å². The molecular formula is C23H25N5O3. The third-order valence-corrected chi connectivity index (χ3v) is 4.69. The Hall–Kier alpha value is -3.68. The van der Waals surface area contributed by atoms with Crippen LogP contribution in [0.15, 0.2) is 54.6 Å². The zero-order chi connectivity index (χ0) is 21.8. The van der Waals surface area contributed by atoms with E-state index in [1.807, 2.05) is 44.2 Å². The number of hydrogen-bond donors (Lipinski definition) is 2. The second-order valence-corrected chi connectivity index (χ2v) is 7.97. The zero-order valence-corrected chi connectivity index (χ0v) is 17.5. The Labute approximate surface area is 180 Å². The van der Waals surface area contributed by atoms with E-state index in [1.165, 1.54) is 0 Å². The fourth-order valence-corrected chi connectivity index (χ4v) is 3.04. The molecule has 8 heteroatoms. The summed E-state index contributed by atoms with van der Waals surface area (Å²) in [6.07, 6.45) is 1.56. The highest BCUT2D eigenvalue weighted by molar-refractivity contribution is 6.02. The molecule has 1 aliphatic carbocycles. The lowest BCUT2D eigenvalue weighted by molar-refractivity contribution is 0.101. The second kappa shape index (κ2) is 8.99. The minimum atomic E-state index is -0.533. The summed E-state index contributed by atoms with van der Waals surface area (Å²) < 4.78 is 6.87. The molecule has 2 amide bonds. The molecule has 1 heterocycles. The fourth-order valence-electron chi connectivity index (χ4n) is 3.04. The Morgan fingerprint density at radius 1 is 1.06 bits per heavy atom. The number of hydrogen-bond acceptors (Lipinski definition) is 5. The standard InChI is InChI=1S/C23H25N5O3/c1-15(2)14-31-23(30)25-18-8-6-7-17(13-18)24-22(29)20-26-21(16-11-12-16)28(27-20)19-9-4-3-5-10-19/h3-10,13,15-16H,11-12,14H2,1-2H3,(H,24,29)(H,25,30). The lowest BCUT2D eigenvalue weighted by Crippen LogP contribution is -2.17. The molecule has 31 heavy (non-hydrogen) atoms. The number of rotatable bonds is 7. The zero-order valence-electron chi connectivity index (χ0n) is 17.5. The van der Waals surface area contributed by atoms with Crippen molar-refractivity contribution < 1.29 is 14.3 Å². The van der Waals surface area contributed by atoms with Crippen LogP contribution in [0, 0.1) is 5.92 Å². The molecule has 0 spiro atoms. The average molecular weight is 419 g/mol. The number of ether oxygens (including phenoxy) is 1.